The lowest BCUT2D eigenvalue weighted by molar-refractivity contribution is -0.121. The van der Waals surface area contributed by atoms with Gasteiger partial charge < -0.3 is 10.6 Å². The van der Waals surface area contributed by atoms with Gasteiger partial charge in [0.25, 0.3) is 0 Å². The van der Waals surface area contributed by atoms with Crippen LogP contribution >= 0.6 is 22.9 Å². The number of pyridine rings is 1. The molecule has 2 aromatic carbocycles. The molecule has 5 aromatic rings. The monoisotopic (exact) mass is 635 g/mol. The molecule has 1 atom stereocenters. The summed E-state index contributed by atoms with van der Waals surface area (Å²) in [7, 11) is 0. The minimum absolute atomic E-state index is 0.0968. The maximum Gasteiger partial charge on any atom is 0.248 e. The van der Waals surface area contributed by atoms with Crippen molar-refractivity contribution < 1.29 is 9.59 Å². The Bertz CT molecular complexity index is 1930. The second kappa shape index (κ2) is 13.0. The molecule has 0 saturated carbocycles. The Morgan fingerprint density at radius 2 is 1.80 bits per heavy atom. The number of anilines is 1. The molecule has 0 radical (unpaired) electrons. The number of carbonyl (C=O) groups is 2. The molecule has 0 aliphatic carbocycles. The second-order valence-electron chi connectivity index (χ2n) is 10.7. The fourth-order valence-electron chi connectivity index (χ4n) is 5.12. The van der Waals surface area contributed by atoms with Gasteiger partial charge >= 0.3 is 0 Å². The summed E-state index contributed by atoms with van der Waals surface area (Å²) in [5.41, 5.74) is 6.27. The fourth-order valence-corrected chi connectivity index (χ4v) is 6.46. The third-order valence-corrected chi connectivity index (χ3v) is 9.00. The van der Waals surface area contributed by atoms with Gasteiger partial charge in [0.1, 0.15) is 16.9 Å². The van der Waals surface area contributed by atoms with Crippen molar-refractivity contribution in [1.29, 1.82) is 0 Å². The van der Waals surface area contributed by atoms with Crippen molar-refractivity contribution in [3.05, 3.63) is 128 Å². The van der Waals surface area contributed by atoms with Crippen LogP contribution in [-0.4, -0.2) is 37.3 Å². The Kier molecular flexibility index (Phi) is 8.68. The zero-order valence-corrected chi connectivity index (χ0v) is 26.5. The first-order valence-electron chi connectivity index (χ1n) is 14.4. The maximum atomic E-state index is 13.3. The molecule has 9 nitrogen and oxygen atoms in total. The zero-order chi connectivity index (χ0) is 31.5. The Morgan fingerprint density at radius 1 is 1.02 bits per heavy atom. The van der Waals surface area contributed by atoms with Crippen molar-refractivity contribution in [3.8, 4) is 5.00 Å². The van der Waals surface area contributed by atoms with E-state index in [1.807, 2.05) is 60.0 Å². The Balaban J connectivity index is 1.17. The fraction of sp³-hybridized carbons (Fsp3) is 0.176. The topological polar surface area (TPSA) is 114 Å². The summed E-state index contributed by atoms with van der Waals surface area (Å²) in [6.45, 7) is 6.43. The first kappa shape index (κ1) is 30.1. The van der Waals surface area contributed by atoms with Crippen molar-refractivity contribution in [3.63, 3.8) is 0 Å². The number of thiophene rings is 1. The smallest absolute Gasteiger partial charge is 0.248 e. The molecule has 0 bridgehead atoms. The standard InChI is InChI=1S/C34H30ClN7O2S/c1-20-21(2)45-34-31(20)32(25-9-11-26(35)12-10-25)39-28(33-41-40-22(3)42(33)34)17-30(44)37-19-24-6-13-27(14-7-24)38-29(43)15-8-23-5-4-16-36-18-23/h4-16,18,28H,17,19H2,1-3H3,(H,37,44)(H,38,43)/b15-8+/t28-/m0/s1. The van der Waals surface area contributed by atoms with Gasteiger partial charge in [0.2, 0.25) is 11.8 Å². The highest BCUT2D eigenvalue weighted by molar-refractivity contribution is 7.15. The average molecular weight is 636 g/mol. The van der Waals surface area contributed by atoms with Gasteiger partial charge in [-0.2, -0.15) is 0 Å². The zero-order valence-electron chi connectivity index (χ0n) is 24.9. The van der Waals surface area contributed by atoms with E-state index in [0.29, 0.717) is 23.1 Å². The number of nitrogens with zero attached hydrogens (tertiary/aromatic N) is 5. The van der Waals surface area contributed by atoms with Crippen LogP contribution in [0.2, 0.25) is 5.02 Å². The van der Waals surface area contributed by atoms with Gasteiger partial charge in [-0.25, -0.2) is 0 Å². The number of halogens is 1. The largest absolute Gasteiger partial charge is 0.352 e. The molecule has 2 N–H and O–H groups in total. The molecule has 45 heavy (non-hydrogen) atoms. The van der Waals surface area contributed by atoms with Crippen molar-refractivity contribution in [1.82, 2.24) is 25.1 Å². The summed E-state index contributed by atoms with van der Waals surface area (Å²) in [4.78, 5) is 36.0. The maximum absolute atomic E-state index is 13.3. The third-order valence-electron chi connectivity index (χ3n) is 7.56. The van der Waals surface area contributed by atoms with Crippen molar-refractivity contribution in [2.75, 3.05) is 5.32 Å². The predicted octanol–water partition coefficient (Wildman–Crippen LogP) is 6.55. The number of benzene rings is 2. The number of aromatic nitrogens is 4. The van der Waals surface area contributed by atoms with Crippen LogP contribution in [0.15, 0.2) is 84.1 Å². The minimum atomic E-state index is -0.548. The van der Waals surface area contributed by atoms with Gasteiger partial charge in [0.05, 0.1) is 12.1 Å². The van der Waals surface area contributed by atoms with E-state index in [4.69, 9.17) is 16.6 Å². The van der Waals surface area contributed by atoms with E-state index in [2.05, 4.69) is 39.7 Å². The summed E-state index contributed by atoms with van der Waals surface area (Å²) >= 11 is 7.88. The average Bonchev–Trinajstić information content (AvgIpc) is 3.52. The molecule has 6 rings (SSSR count). The number of carbonyl (C=O) groups excluding carboxylic acids is 2. The molecule has 226 valence electrons. The van der Waals surface area contributed by atoms with Gasteiger partial charge in [-0.05, 0) is 73.9 Å². The molecule has 0 unspecified atom stereocenters. The first-order valence-corrected chi connectivity index (χ1v) is 15.6. The summed E-state index contributed by atoms with van der Waals surface area (Å²) in [6, 6.07) is 18.1. The lowest BCUT2D eigenvalue weighted by Crippen LogP contribution is -2.25. The molecule has 2 amide bonds. The van der Waals surface area contributed by atoms with E-state index in [1.165, 1.54) is 11.0 Å². The van der Waals surface area contributed by atoms with Crippen LogP contribution in [0.25, 0.3) is 11.1 Å². The van der Waals surface area contributed by atoms with E-state index in [1.54, 1.807) is 41.9 Å². The van der Waals surface area contributed by atoms with Crippen molar-refractivity contribution in [2.45, 2.75) is 39.8 Å². The Hall–Kier alpha value is -4.93. The van der Waals surface area contributed by atoms with Crippen LogP contribution in [0.1, 0.15) is 56.8 Å². The van der Waals surface area contributed by atoms with E-state index in [9.17, 15) is 9.59 Å². The summed E-state index contributed by atoms with van der Waals surface area (Å²) < 4.78 is 2.03. The number of hydrogen-bond acceptors (Lipinski definition) is 7. The quantitative estimate of drug-likeness (QED) is 0.188. The highest BCUT2D eigenvalue weighted by atomic mass is 35.5. The number of nitrogens with one attached hydrogen (secondary N) is 2. The number of aryl methyl sites for hydroxylation is 2. The van der Waals surface area contributed by atoms with E-state index >= 15 is 0 Å². The minimum Gasteiger partial charge on any atom is -0.352 e. The normalized spacial score (nSPS) is 14.0. The van der Waals surface area contributed by atoms with Crippen molar-refractivity contribution >= 4 is 52.2 Å². The second-order valence-corrected chi connectivity index (χ2v) is 12.3. The van der Waals surface area contributed by atoms with E-state index in [-0.39, 0.29) is 18.2 Å². The van der Waals surface area contributed by atoms with E-state index in [0.717, 1.165) is 44.4 Å². The first-order chi connectivity index (χ1) is 21.8. The van der Waals surface area contributed by atoms with Crippen LogP contribution in [-0.2, 0) is 16.1 Å². The highest BCUT2D eigenvalue weighted by Crippen LogP contribution is 2.39. The van der Waals surface area contributed by atoms with Gasteiger partial charge in [-0.15, -0.1) is 21.5 Å². The van der Waals surface area contributed by atoms with Gasteiger partial charge in [0.15, 0.2) is 5.82 Å². The molecule has 0 fully saturated rings. The summed E-state index contributed by atoms with van der Waals surface area (Å²) in [5.74, 6) is 0.962. The third kappa shape index (κ3) is 6.62. The lowest BCUT2D eigenvalue weighted by Gasteiger charge is -2.13. The Morgan fingerprint density at radius 3 is 2.53 bits per heavy atom. The molecule has 1 aliphatic rings. The predicted molar refractivity (Wildman–Crippen MR) is 178 cm³/mol. The molecule has 0 spiro atoms. The number of amides is 2. The van der Waals surface area contributed by atoms with Gasteiger partial charge in [-0.1, -0.05) is 41.9 Å². The SMILES string of the molecule is Cc1sc2c(c1C)C(c1ccc(Cl)cc1)=N[C@@H](CC(=O)NCc1ccc(NC(=O)/C=C/c3cccnc3)cc1)c1nnc(C)n1-2. The number of hydrogen-bond donors (Lipinski definition) is 2. The molecule has 3 aromatic heterocycles. The molecule has 4 heterocycles. The summed E-state index contributed by atoms with van der Waals surface area (Å²) in [5, 5.41) is 16.3. The molecule has 1 aliphatic heterocycles. The lowest BCUT2D eigenvalue weighted by atomic mass is 9.99. The molecular formula is C34H30ClN7O2S. The molecule has 11 heteroatoms. The van der Waals surface area contributed by atoms with Gasteiger partial charge in [-0.3, -0.25) is 24.1 Å². The van der Waals surface area contributed by atoms with Crippen LogP contribution in [0.5, 0.6) is 0 Å². The Labute approximate surface area is 269 Å². The number of rotatable bonds is 8. The summed E-state index contributed by atoms with van der Waals surface area (Å²) in [6.07, 6.45) is 6.62. The van der Waals surface area contributed by atoms with Gasteiger partial charge in [0, 0.05) is 51.7 Å². The number of aliphatic imine (C=N–C) groups is 1. The molecular weight excluding hydrogens is 606 g/mol. The van der Waals surface area contributed by atoms with E-state index < -0.39 is 6.04 Å². The highest BCUT2D eigenvalue weighted by Gasteiger charge is 2.32. The van der Waals surface area contributed by atoms with Crippen LogP contribution in [0, 0.1) is 20.8 Å². The molecule has 0 saturated heterocycles. The van der Waals surface area contributed by atoms with Crippen LogP contribution < -0.4 is 10.6 Å². The van der Waals surface area contributed by atoms with Crippen LogP contribution in [0.3, 0.4) is 0 Å². The van der Waals surface area contributed by atoms with Crippen molar-refractivity contribution in [2.24, 2.45) is 4.99 Å². The van der Waals surface area contributed by atoms with Crippen LogP contribution in [0.4, 0.5) is 5.69 Å². The number of fused-ring (bicyclic) bond motifs is 3.